The number of likely N-dealkylation sites (tertiary alicyclic amines) is 1. The summed E-state index contributed by atoms with van der Waals surface area (Å²) in [5.41, 5.74) is 1.18. The highest BCUT2D eigenvalue weighted by atomic mass is 16.6. The normalized spacial score (nSPS) is 21.4. The van der Waals surface area contributed by atoms with Crippen LogP contribution < -0.4 is 0 Å². The summed E-state index contributed by atoms with van der Waals surface area (Å²) in [4.78, 5) is 13.7. The number of hydrogen-bond acceptors (Lipinski definition) is 4. The van der Waals surface area contributed by atoms with Crippen molar-refractivity contribution >= 4 is 11.8 Å². The first-order valence-electron chi connectivity index (χ1n) is 7.14. The lowest BCUT2D eigenvalue weighted by Crippen LogP contribution is -2.45. The smallest absolute Gasteiger partial charge is 0.410 e. The van der Waals surface area contributed by atoms with Crippen LogP contribution in [0.25, 0.3) is 0 Å². The monoisotopic (exact) mass is 290 g/mol. The maximum atomic E-state index is 12.1. The number of rotatable bonds is 1. The van der Waals surface area contributed by atoms with Crippen molar-refractivity contribution in [2.24, 2.45) is 5.16 Å². The fraction of sp³-hybridized carbons (Fsp3) is 0.500. The summed E-state index contributed by atoms with van der Waals surface area (Å²) in [6, 6.07) is 9.90. The second-order valence-corrected chi connectivity index (χ2v) is 6.25. The molecule has 21 heavy (non-hydrogen) atoms. The van der Waals surface area contributed by atoms with Crippen molar-refractivity contribution in [2.75, 3.05) is 13.1 Å². The Morgan fingerprint density at radius 1 is 1.33 bits per heavy atom. The molecule has 0 spiro atoms. The van der Waals surface area contributed by atoms with Crippen molar-refractivity contribution < 1.29 is 14.7 Å². The number of benzene rings is 1. The molecule has 0 bridgehead atoms. The topological polar surface area (TPSA) is 62.1 Å². The molecule has 1 amide bonds. The van der Waals surface area contributed by atoms with Crippen molar-refractivity contribution in [3.05, 3.63) is 35.9 Å². The number of carbonyl (C=O) groups is 1. The largest absolute Gasteiger partial charge is 0.444 e. The van der Waals surface area contributed by atoms with Gasteiger partial charge in [0.2, 0.25) is 0 Å². The first-order valence-corrected chi connectivity index (χ1v) is 7.14. The van der Waals surface area contributed by atoms with E-state index in [2.05, 4.69) is 5.16 Å². The molecule has 1 aliphatic heterocycles. The van der Waals surface area contributed by atoms with Gasteiger partial charge < -0.3 is 14.8 Å². The molecule has 0 aliphatic carbocycles. The van der Waals surface area contributed by atoms with E-state index < -0.39 is 5.60 Å². The maximum absolute atomic E-state index is 12.1. The van der Waals surface area contributed by atoms with Gasteiger partial charge in [-0.25, -0.2) is 4.79 Å². The number of amides is 1. The number of nitrogens with zero attached hydrogens (tertiary/aromatic N) is 2. The molecule has 0 radical (unpaired) electrons. The average Bonchev–Trinajstić information content (AvgIpc) is 2.45. The van der Waals surface area contributed by atoms with Gasteiger partial charge in [-0.05, 0) is 32.8 Å². The zero-order chi connectivity index (χ0) is 15.5. The minimum Gasteiger partial charge on any atom is -0.444 e. The third kappa shape index (κ3) is 3.97. The fourth-order valence-corrected chi connectivity index (χ4v) is 2.46. The van der Waals surface area contributed by atoms with Crippen LogP contribution in [-0.2, 0) is 4.74 Å². The van der Waals surface area contributed by atoms with Gasteiger partial charge in [-0.15, -0.1) is 0 Å². The summed E-state index contributed by atoms with van der Waals surface area (Å²) in [6.45, 7) is 6.40. The Kier molecular flexibility index (Phi) is 4.50. The van der Waals surface area contributed by atoms with Crippen LogP contribution in [0.5, 0.6) is 0 Å². The number of hydrogen-bond donors (Lipinski definition) is 1. The lowest BCUT2D eigenvalue weighted by atomic mass is 9.88. The zero-order valence-electron chi connectivity index (χ0n) is 12.7. The molecule has 1 N–H and O–H groups in total. The van der Waals surface area contributed by atoms with E-state index in [-0.39, 0.29) is 12.0 Å². The molecule has 5 heteroatoms. The van der Waals surface area contributed by atoms with E-state index in [1.54, 1.807) is 4.90 Å². The molecular formula is C16H22N2O3. The molecule has 1 fully saturated rings. The Morgan fingerprint density at radius 3 is 2.57 bits per heavy atom. The van der Waals surface area contributed by atoms with Gasteiger partial charge in [-0.3, -0.25) is 0 Å². The SMILES string of the molecule is CC(C)(C)OC(=O)N1CCC(c2ccccc2)/C(=N/O)C1. The molecule has 1 saturated heterocycles. The second kappa shape index (κ2) is 6.16. The lowest BCUT2D eigenvalue weighted by molar-refractivity contribution is 0.0261. The molecule has 0 saturated carbocycles. The van der Waals surface area contributed by atoms with Crippen LogP contribution in [0.2, 0.25) is 0 Å². The van der Waals surface area contributed by atoms with Gasteiger partial charge >= 0.3 is 6.09 Å². The quantitative estimate of drug-likeness (QED) is 0.638. The van der Waals surface area contributed by atoms with E-state index in [9.17, 15) is 10.0 Å². The minimum atomic E-state index is -0.524. The van der Waals surface area contributed by atoms with E-state index in [1.807, 2.05) is 51.1 Å². The molecule has 1 heterocycles. The molecule has 114 valence electrons. The Hall–Kier alpha value is -2.04. The van der Waals surface area contributed by atoms with E-state index in [0.29, 0.717) is 18.8 Å². The predicted octanol–water partition coefficient (Wildman–Crippen LogP) is 3.24. The van der Waals surface area contributed by atoms with E-state index in [0.717, 1.165) is 12.0 Å². The summed E-state index contributed by atoms with van der Waals surface area (Å²) in [7, 11) is 0. The van der Waals surface area contributed by atoms with Gasteiger partial charge in [-0.2, -0.15) is 0 Å². The fourth-order valence-electron chi connectivity index (χ4n) is 2.46. The second-order valence-electron chi connectivity index (χ2n) is 6.25. The first-order chi connectivity index (χ1) is 9.90. The van der Waals surface area contributed by atoms with Crippen molar-refractivity contribution in [3.8, 4) is 0 Å². The minimum absolute atomic E-state index is 0.0508. The Morgan fingerprint density at radius 2 is 2.00 bits per heavy atom. The van der Waals surface area contributed by atoms with Crippen LogP contribution in [0, 0.1) is 0 Å². The molecule has 1 aromatic rings. The summed E-state index contributed by atoms with van der Waals surface area (Å²) >= 11 is 0. The summed E-state index contributed by atoms with van der Waals surface area (Å²) in [5, 5.41) is 12.7. The highest BCUT2D eigenvalue weighted by molar-refractivity contribution is 5.95. The van der Waals surface area contributed by atoms with Gasteiger partial charge in [0.15, 0.2) is 0 Å². The molecule has 1 atom stereocenters. The number of oxime groups is 1. The Bertz CT molecular complexity index is 520. The van der Waals surface area contributed by atoms with Crippen molar-refractivity contribution in [2.45, 2.75) is 38.7 Å². The molecule has 5 nitrogen and oxygen atoms in total. The predicted molar refractivity (Wildman–Crippen MR) is 80.8 cm³/mol. The molecule has 0 aromatic heterocycles. The maximum Gasteiger partial charge on any atom is 0.410 e. The van der Waals surface area contributed by atoms with Crippen LogP contribution in [-0.4, -0.2) is 40.6 Å². The molecule has 1 unspecified atom stereocenters. The summed E-state index contributed by atoms with van der Waals surface area (Å²) in [5.74, 6) is 0.0508. The summed E-state index contributed by atoms with van der Waals surface area (Å²) in [6.07, 6.45) is 0.359. The average molecular weight is 290 g/mol. The summed E-state index contributed by atoms with van der Waals surface area (Å²) < 4.78 is 5.36. The number of carbonyl (C=O) groups excluding carboxylic acids is 1. The van der Waals surface area contributed by atoms with Gasteiger partial charge in [-0.1, -0.05) is 35.5 Å². The Labute approximate surface area is 125 Å². The van der Waals surface area contributed by atoms with Crippen LogP contribution in [0.1, 0.15) is 38.7 Å². The zero-order valence-corrected chi connectivity index (χ0v) is 12.7. The number of ether oxygens (including phenoxy) is 1. The van der Waals surface area contributed by atoms with Crippen molar-refractivity contribution in [3.63, 3.8) is 0 Å². The van der Waals surface area contributed by atoms with Crippen molar-refractivity contribution in [1.29, 1.82) is 0 Å². The third-order valence-electron chi connectivity index (χ3n) is 3.42. The standard InChI is InChI=1S/C16H22N2O3/c1-16(2,3)21-15(19)18-10-9-13(14(11-18)17-20)12-7-5-4-6-8-12/h4-8,13,20H,9-11H2,1-3H3/b17-14+. The van der Waals surface area contributed by atoms with E-state index in [4.69, 9.17) is 4.74 Å². The first kappa shape index (κ1) is 15.4. The van der Waals surface area contributed by atoms with Gasteiger partial charge in [0.1, 0.15) is 5.60 Å². The van der Waals surface area contributed by atoms with Gasteiger partial charge in [0.25, 0.3) is 0 Å². The van der Waals surface area contributed by atoms with Crippen LogP contribution in [0.15, 0.2) is 35.5 Å². The molecular weight excluding hydrogens is 268 g/mol. The molecule has 1 aromatic carbocycles. The van der Waals surface area contributed by atoms with Crippen LogP contribution in [0.4, 0.5) is 4.79 Å². The lowest BCUT2D eigenvalue weighted by Gasteiger charge is -2.34. The van der Waals surface area contributed by atoms with E-state index in [1.165, 1.54) is 0 Å². The van der Waals surface area contributed by atoms with Crippen LogP contribution >= 0.6 is 0 Å². The van der Waals surface area contributed by atoms with Gasteiger partial charge in [0, 0.05) is 12.5 Å². The van der Waals surface area contributed by atoms with E-state index >= 15 is 0 Å². The van der Waals surface area contributed by atoms with Gasteiger partial charge in [0.05, 0.1) is 12.3 Å². The Balaban J connectivity index is 2.07. The molecule has 1 aliphatic rings. The number of piperidine rings is 1. The highest BCUT2D eigenvalue weighted by Gasteiger charge is 2.31. The third-order valence-corrected chi connectivity index (χ3v) is 3.42. The highest BCUT2D eigenvalue weighted by Crippen LogP contribution is 2.27. The molecule has 2 rings (SSSR count). The van der Waals surface area contributed by atoms with Crippen LogP contribution in [0.3, 0.4) is 0 Å². The van der Waals surface area contributed by atoms with Crippen molar-refractivity contribution in [1.82, 2.24) is 4.90 Å².